The highest BCUT2D eigenvalue weighted by atomic mass is 16.5. The van der Waals surface area contributed by atoms with Crippen LogP contribution in [0.3, 0.4) is 0 Å². The minimum absolute atomic E-state index is 0.0118. The van der Waals surface area contributed by atoms with Gasteiger partial charge in [-0.15, -0.1) is 0 Å². The van der Waals surface area contributed by atoms with Crippen LogP contribution in [0.1, 0.15) is 18.4 Å². The lowest BCUT2D eigenvalue weighted by atomic mass is 10.2. The summed E-state index contributed by atoms with van der Waals surface area (Å²) in [6, 6.07) is 9.54. The summed E-state index contributed by atoms with van der Waals surface area (Å²) in [7, 11) is 1.61. The number of nitrogens with zero attached hydrogens (tertiary/aromatic N) is 2. The topological polar surface area (TPSA) is 61.9 Å². The minimum Gasteiger partial charge on any atom is -0.383 e. The Bertz CT molecular complexity index is 501. The van der Waals surface area contributed by atoms with Crippen LogP contribution in [0.4, 0.5) is 4.79 Å². The predicted octanol–water partition coefficient (Wildman–Crippen LogP) is 1.47. The average Bonchev–Trinajstić information content (AvgIpc) is 3.11. The van der Waals surface area contributed by atoms with Crippen LogP contribution < -0.4 is 5.32 Å². The third kappa shape index (κ3) is 5.56. The van der Waals surface area contributed by atoms with Crippen LogP contribution in [-0.2, 0) is 16.1 Å². The molecule has 1 N–H and O–H groups in total. The third-order valence-electron chi connectivity index (χ3n) is 3.92. The molecule has 0 atom stereocenters. The summed E-state index contributed by atoms with van der Waals surface area (Å²) in [5.41, 5.74) is 1.05. The summed E-state index contributed by atoms with van der Waals surface area (Å²) in [6.07, 6.45) is 2.10. The van der Waals surface area contributed by atoms with Crippen molar-refractivity contribution in [2.75, 3.05) is 39.9 Å². The molecule has 2 rings (SSSR count). The number of benzene rings is 1. The number of methoxy groups -OCH3 is 1. The van der Waals surface area contributed by atoms with Crippen molar-refractivity contribution in [3.8, 4) is 0 Å². The first-order valence-corrected chi connectivity index (χ1v) is 8.04. The fourth-order valence-electron chi connectivity index (χ4n) is 2.60. The second kappa shape index (κ2) is 9.15. The van der Waals surface area contributed by atoms with Crippen molar-refractivity contribution in [3.63, 3.8) is 0 Å². The van der Waals surface area contributed by atoms with Crippen LogP contribution >= 0.6 is 0 Å². The fraction of sp³-hybridized carbons (Fsp3) is 0.529. The molecular weight excluding hydrogens is 294 g/mol. The SMILES string of the molecule is COCCN(Cc1ccccc1)C(=O)NCC(=O)N1CCCC1. The summed E-state index contributed by atoms with van der Waals surface area (Å²) in [5.74, 6) is -0.0118. The molecule has 0 radical (unpaired) electrons. The summed E-state index contributed by atoms with van der Waals surface area (Å²) in [6.45, 7) is 3.08. The normalized spacial score (nSPS) is 13.9. The number of amides is 3. The van der Waals surface area contributed by atoms with Crippen molar-refractivity contribution in [1.82, 2.24) is 15.1 Å². The van der Waals surface area contributed by atoms with Crippen molar-refractivity contribution < 1.29 is 14.3 Å². The van der Waals surface area contributed by atoms with E-state index in [9.17, 15) is 9.59 Å². The quantitative estimate of drug-likeness (QED) is 0.828. The van der Waals surface area contributed by atoms with E-state index in [1.54, 1.807) is 16.9 Å². The van der Waals surface area contributed by atoms with E-state index in [1.165, 1.54) is 0 Å². The zero-order valence-corrected chi connectivity index (χ0v) is 13.7. The van der Waals surface area contributed by atoms with Crippen LogP contribution in [0.25, 0.3) is 0 Å². The van der Waals surface area contributed by atoms with Gasteiger partial charge in [0.15, 0.2) is 0 Å². The molecule has 1 saturated heterocycles. The van der Waals surface area contributed by atoms with Gasteiger partial charge in [0.2, 0.25) is 5.91 Å². The molecule has 23 heavy (non-hydrogen) atoms. The highest BCUT2D eigenvalue weighted by Gasteiger charge is 2.20. The van der Waals surface area contributed by atoms with Crippen LogP contribution in [0.2, 0.25) is 0 Å². The summed E-state index contributed by atoms with van der Waals surface area (Å²) >= 11 is 0. The van der Waals surface area contributed by atoms with Crippen LogP contribution in [0.5, 0.6) is 0 Å². The Morgan fingerprint density at radius 1 is 1.22 bits per heavy atom. The number of hydrogen-bond acceptors (Lipinski definition) is 3. The van der Waals surface area contributed by atoms with Crippen LogP contribution in [0.15, 0.2) is 30.3 Å². The number of carbonyl (C=O) groups is 2. The van der Waals surface area contributed by atoms with E-state index in [0.29, 0.717) is 19.7 Å². The van der Waals surface area contributed by atoms with E-state index in [2.05, 4.69) is 5.32 Å². The minimum atomic E-state index is -0.238. The molecule has 1 heterocycles. The van der Waals surface area contributed by atoms with E-state index >= 15 is 0 Å². The lowest BCUT2D eigenvalue weighted by molar-refractivity contribution is -0.129. The summed E-state index contributed by atoms with van der Waals surface area (Å²) in [5, 5.41) is 2.73. The van der Waals surface area contributed by atoms with E-state index in [-0.39, 0.29) is 18.5 Å². The molecule has 0 aliphatic carbocycles. The molecule has 1 aliphatic heterocycles. The van der Waals surface area contributed by atoms with Gasteiger partial charge in [-0.05, 0) is 18.4 Å². The zero-order chi connectivity index (χ0) is 16.5. The Morgan fingerprint density at radius 2 is 1.91 bits per heavy atom. The number of carbonyl (C=O) groups excluding carboxylic acids is 2. The Morgan fingerprint density at radius 3 is 2.57 bits per heavy atom. The van der Waals surface area contributed by atoms with Crippen LogP contribution in [0, 0.1) is 0 Å². The van der Waals surface area contributed by atoms with Gasteiger partial charge in [0.05, 0.1) is 13.2 Å². The van der Waals surface area contributed by atoms with E-state index < -0.39 is 0 Å². The predicted molar refractivity (Wildman–Crippen MR) is 87.9 cm³/mol. The van der Waals surface area contributed by atoms with Gasteiger partial charge in [0.1, 0.15) is 0 Å². The highest BCUT2D eigenvalue weighted by Crippen LogP contribution is 2.07. The molecule has 0 aromatic heterocycles. The number of urea groups is 1. The van der Waals surface area contributed by atoms with Crippen molar-refractivity contribution in [3.05, 3.63) is 35.9 Å². The van der Waals surface area contributed by atoms with Crippen molar-refractivity contribution in [1.29, 1.82) is 0 Å². The Hall–Kier alpha value is -2.08. The molecule has 0 unspecified atom stereocenters. The molecule has 6 heteroatoms. The molecule has 1 fully saturated rings. The molecule has 3 amide bonds. The Kier molecular flexibility index (Phi) is 6.87. The van der Waals surface area contributed by atoms with Gasteiger partial charge in [-0.3, -0.25) is 4.79 Å². The zero-order valence-electron chi connectivity index (χ0n) is 13.7. The first-order chi connectivity index (χ1) is 11.2. The van der Waals surface area contributed by atoms with E-state index in [1.807, 2.05) is 30.3 Å². The first-order valence-electron chi connectivity index (χ1n) is 8.04. The number of ether oxygens (including phenoxy) is 1. The van der Waals surface area contributed by atoms with Gasteiger partial charge in [0, 0.05) is 33.3 Å². The number of likely N-dealkylation sites (tertiary alicyclic amines) is 1. The Labute approximate surface area is 137 Å². The third-order valence-corrected chi connectivity index (χ3v) is 3.92. The number of rotatable bonds is 7. The standard InChI is InChI=1S/C17H25N3O3/c1-23-12-11-20(14-15-7-3-2-4-8-15)17(22)18-13-16(21)19-9-5-6-10-19/h2-4,7-8H,5-6,9-14H2,1H3,(H,18,22). The van der Waals surface area contributed by atoms with Gasteiger partial charge in [-0.1, -0.05) is 30.3 Å². The lowest BCUT2D eigenvalue weighted by Gasteiger charge is -2.23. The van der Waals surface area contributed by atoms with Gasteiger partial charge >= 0.3 is 6.03 Å². The number of nitrogens with one attached hydrogen (secondary N) is 1. The van der Waals surface area contributed by atoms with Crippen LogP contribution in [-0.4, -0.2) is 61.6 Å². The molecule has 0 saturated carbocycles. The second-order valence-corrected chi connectivity index (χ2v) is 5.65. The monoisotopic (exact) mass is 319 g/mol. The molecule has 1 aromatic carbocycles. The van der Waals surface area contributed by atoms with Gasteiger partial charge in [-0.2, -0.15) is 0 Å². The van der Waals surface area contributed by atoms with E-state index in [4.69, 9.17) is 4.74 Å². The summed E-state index contributed by atoms with van der Waals surface area (Å²) in [4.78, 5) is 27.8. The average molecular weight is 319 g/mol. The maximum absolute atomic E-state index is 12.4. The summed E-state index contributed by atoms with van der Waals surface area (Å²) < 4.78 is 5.07. The smallest absolute Gasteiger partial charge is 0.318 e. The molecular formula is C17H25N3O3. The Balaban J connectivity index is 1.86. The second-order valence-electron chi connectivity index (χ2n) is 5.65. The first kappa shape index (κ1) is 17.3. The highest BCUT2D eigenvalue weighted by molar-refractivity contribution is 5.84. The molecule has 0 bridgehead atoms. The molecule has 126 valence electrons. The molecule has 1 aliphatic rings. The van der Waals surface area contributed by atoms with Gasteiger partial charge < -0.3 is 19.9 Å². The van der Waals surface area contributed by atoms with Crippen molar-refractivity contribution in [2.24, 2.45) is 0 Å². The maximum Gasteiger partial charge on any atom is 0.318 e. The van der Waals surface area contributed by atoms with Gasteiger partial charge in [0.25, 0.3) is 0 Å². The van der Waals surface area contributed by atoms with E-state index in [0.717, 1.165) is 31.5 Å². The van der Waals surface area contributed by atoms with Crippen molar-refractivity contribution in [2.45, 2.75) is 19.4 Å². The lowest BCUT2D eigenvalue weighted by Crippen LogP contribution is -2.45. The molecule has 1 aromatic rings. The maximum atomic E-state index is 12.4. The number of hydrogen-bond donors (Lipinski definition) is 1. The largest absolute Gasteiger partial charge is 0.383 e. The van der Waals surface area contributed by atoms with Crippen molar-refractivity contribution >= 4 is 11.9 Å². The molecule has 6 nitrogen and oxygen atoms in total. The fourth-order valence-corrected chi connectivity index (χ4v) is 2.60. The van der Waals surface area contributed by atoms with Gasteiger partial charge in [-0.25, -0.2) is 4.79 Å². The molecule has 0 spiro atoms.